The third kappa shape index (κ3) is 6.86. The summed E-state index contributed by atoms with van der Waals surface area (Å²) in [6.07, 6.45) is 13.8. The molecule has 37 heavy (non-hydrogen) atoms. The third-order valence-corrected chi connectivity index (χ3v) is 8.21. The molecule has 1 saturated carbocycles. The van der Waals surface area contributed by atoms with E-state index in [0.717, 1.165) is 41.9 Å². The zero-order valence-electron chi connectivity index (χ0n) is 22.5. The standard InChI is InChI=1S/C34H41F3/c1-3-5-6-7-8-10-24-11-13-26(14-12-24)30-21-20-29(23-32(30)35)25-15-17-27(18-16-25)31-22-19-28(9-4-2)33(36)34(31)37/h15-24,26H,3-14H2,1-2H3. The summed E-state index contributed by atoms with van der Waals surface area (Å²) in [5, 5.41) is 0. The van der Waals surface area contributed by atoms with Crippen molar-refractivity contribution in [3.05, 3.63) is 83.2 Å². The molecule has 0 spiro atoms. The number of unbranched alkanes of at least 4 members (excludes halogenated alkanes) is 4. The largest absolute Gasteiger partial charge is 0.207 e. The van der Waals surface area contributed by atoms with Crippen LogP contribution in [0.3, 0.4) is 0 Å². The Labute approximate surface area is 221 Å². The van der Waals surface area contributed by atoms with Crippen molar-refractivity contribution in [1.29, 1.82) is 0 Å². The van der Waals surface area contributed by atoms with Crippen LogP contribution >= 0.6 is 0 Å². The molecule has 1 aliphatic carbocycles. The van der Waals surface area contributed by atoms with Crippen molar-refractivity contribution in [3.63, 3.8) is 0 Å². The smallest absolute Gasteiger partial charge is 0.166 e. The first-order valence-electron chi connectivity index (χ1n) is 14.4. The molecular formula is C34H41F3. The lowest BCUT2D eigenvalue weighted by Gasteiger charge is -2.29. The lowest BCUT2D eigenvalue weighted by atomic mass is 9.76. The molecule has 0 saturated heterocycles. The lowest BCUT2D eigenvalue weighted by Crippen LogP contribution is -2.14. The Morgan fingerprint density at radius 2 is 1.32 bits per heavy atom. The predicted molar refractivity (Wildman–Crippen MR) is 149 cm³/mol. The Bertz CT molecular complexity index is 1140. The summed E-state index contributed by atoms with van der Waals surface area (Å²) in [6.45, 7) is 4.20. The second-order valence-corrected chi connectivity index (χ2v) is 10.9. The monoisotopic (exact) mass is 506 g/mol. The van der Waals surface area contributed by atoms with Gasteiger partial charge in [0.15, 0.2) is 11.6 Å². The normalized spacial score (nSPS) is 17.8. The van der Waals surface area contributed by atoms with E-state index in [9.17, 15) is 8.78 Å². The molecule has 0 heterocycles. The average Bonchev–Trinajstić information content (AvgIpc) is 2.92. The first kappa shape index (κ1) is 27.5. The zero-order valence-corrected chi connectivity index (χ0v) is 22.5. The van der Waals surface area contributed by atoms with Gasteiger partial charge in [0.25, 0.3) is 0 Å². The van der Waals surface area contributed by atoms with E-state index in [2.05, 4.69) is 6.92 Å². The fourth-order valence-electron chi connectivity index (χ4n) is 5.95. The van der Waals surface area contributed by atoms with E-state index < -0.39 is 11.6 Å². The molecule has 0 bridgehead atoms. The van der Waals surface area contributed by atoms with Crippen LogP contribution in [0.15, 0.2) is 54.6 Å². The molecule has 3 heteroatoms. The molecule has 0 amide bonds. The molecule has 0 nitrogen and oxygen atoms in total. The summed E-state index contributed by atoms with van der Waals surface area (Å²) in [6, 6.07) is 16.2. The van der Waals surface area contributed by atoms with Gasteiger partial charge in [-0.05, 0) is 77.8 Å². The molecule has 0 radical (unpaired) electrons. The minimum Gasteiger partial charge on any atom is -0.207 e. The molecule has 0 aromatic heterocycles. The van der Waals surface area contributed by atoms with Gasteiger partial charge in [0.1, 0.15) is 5.82 Å². The van der Waals surface area contributed by atoms with Crippen LogP contribution in [0.1, 0.15) is 102 Å². The molecule has 198 valence electrons. The highest BCUT2D eigenvalue weighted by atomic mass is 19.2. The van der Waals surface area contributed by atoms with Crippen LogP contribution in [-0.2, 0) is 6.42 Å². The molecule has 0 N–H and O–H groups in total. The van der Waals surface area contributed by atoms with E-state index in [1.54, 1.807) is 30.3 Å². The second-order valence-electron chi connectivity index (χ2n) is 10.9. The number of hydrogen-bond donors (Lipinski definition) is 0. The summed E-state index contributed by atoms with van der Waals surface area (Å²) in [4.78, 5) is 0. The summed E-state index contributed by atoms with van der Waals surface area (Å²) < 4.78 is 44.3. The van der Waals surface area contributed by atoms with Crippen molar-refractivity contribution in [2.45, 2.75) is 96.8 Å². The van der Waals surface area contributed by atoms with Crippen molar-refractivity contribution in [2.75, 3.05) is 0 Å². The number of hydrogen-bond acceptors (Lipinski definition) is 0. The molecule has 0 unspecified atom stereocenters. The zero-order chi connectivity index (χ0) is 26.2. The fraction of sp³-hybridized carbons (Fsp3) is 0.471. The molecular weight excluding hydrogens is 465 g/mol. The van der Waals surface area contributed by atoms with Gasteiger partial charge < -0.3 is 0 Å². The van der Waals surface area contributed by atoms with Crippen molar-refractivity contribution in [1.82, 2.24) is 0 Å². The Morgan fingerprint density at radius 3 is 2.00 bits per heavy atom. The molecule has 1 fully saturated rings. The Balaban J connectivity index is 1.38. The van der Waals surface area contributed by atoms with Gasteiger partial charge in [-0.2, -0.15) is 0 Å². The summed E-state index contributed by atoms with van der Waals surface area (Å²) in [5.41, 5.74) is 3.78. The lowest BCUT2D eigenvalue weighted by molar-refractivity contribution is 0.298. The quantitative estimate of drug-likeness (QED) is 0.227. The van der Waals surface area contributed by atoms with Crippen molar-refractivity contribution >= 4 is 0 Å². The predicted octanol–water partition coefficient (Wildman–Crippen LogP) is 11.0. The highest BCUT2D eigenvalue weighted by Crippen LogP contribution is 2.39. The minimum atomic E-state index is -0.805. The van der Waals surface area contributed by atoms with Crippen LogP contribution < -0.4 is 0 Å². The molecule has 0 aliphatic heterocycles. The van der Waals surface area contributed by atoms with E-state index >= 15 is 4.39 Å². The van der Waals surface area contributed by atoms with E-state index in [-0.39, 0.29) is 11.4 Å². The van der Waals surface area contributed by atoms with Gasteiger partial charge >= 0.3 is 0 Å². The number of aryl methyl sites for hydroxylation is 1. The second kappa shape index (κ2) is 13.3. The van der Waals surface area contributed by atoms with Crippen LogP contribution in [0.4, 0.5) is 13.2 Å². The van der Waals surface area contributed by atoms with Crippen LogP contribution in [0, 0.1) is 23.4 Å². The maximum atomic E-state index is 15.2. The third-order valence-electron chi connectivity index (χ3n) is 8.21. The van der Waals surface area contributed by atoms with Crippen LogP contribution in [0.5, 0.6) is 0 Å². The van der Waals surface area contributed by atoms with Gasteiger partial charge in [0.2, 0.25) is 0 Å². The van der Waals surface area contributed by atoms with E-state index in [0.29, 0.717) is 23.5 Å². The highest BCUT2D eigenvalue weighted by Gasteiger charge is 2.24. The summed E-state index contributed by atoms with van der Waals surface area (Å²) in [7, 11) is 0. The van der Waals surface area contributed by atoms with Gasteiger partial charge in [-0.1, -0.05) is 107 Å². The molecule has 1 aliphatic rings. The van der Waals surface area contributed by atoms with Gasteiger partial charge in [-0.3, -0.25) is 0 Å². The van der Waals surface area contributed by atoms with Gasteiger partial charge in [0.05, 0.1) is 0 Å². The molecule has 0 atom stereocenters. The van der Waals surface area contributed by atoms with Crippen molar-refractivity contribution < 1.29 is 13.2 Å². The maximum absolute atomic E-state index is 15.2. The fourth-order valence-corrected chi connectivity index (χ4v) is 5.95. The van der Waals surface area contributed by atoms with E-state index in [4.69, 9.17) is 0 Å². The van der Waals surface area contributed by atoms with Gasteiger partial charge in [-0.25, -0.2) is 13.2 Å². The van der Waals surface area contributed by atoms with Crippen LogP contribution in [0.2, 0.25) is 0 Å². The number of halogens is 3. The maximum Gasteiger partial charge on any atom is 0.166 e. The Hall–Kier alpha value is -2.55. The average molecular weight is 507 g/mol. The molecule has 3 aromatic rings. The molecule has 4 rings (SSSR count). The molecule has 3 aromatic carbocycles. The van der Waals surface area contributed by atoms with Crippen molar-refractivity contribution in [2.24, 2.45) is 5.92 Å². The highest BCUT2D eigenvalue weighted by molar-refractivity contribution is 5.71. The van der Waals surface area contributed by atoms with Gasteiger partial charge in [-0.15, -0.1) is 0 Å². The van der Waals surface area contributed by atoms with E-state index in [1.807, 2.05) is 31.2 Å². The number of benzene rings is 3. The Kier molecular flexibility index (Phi) is 9.88. The topological polar surface area (TPSA) is 0 Å². The van der Waals surface area contributed by atoms with Crippen LogP contribution in [-0.4, -0.2) is 0 Å². The SMILES string of the molecule is CCCCCCCC1CCC(c2ccc(-c3ccc(-c4ccc(CCC)c(F)c4F)cc3)cc2F)CC1. The Morgan fingerprint density at radius 1 is 0.649 bits per heavy atom. The van der Waals surface area contributed by atoms with Crippen LogP contribution in [0.25, 0.3) is 22.3 Å². The summed E-state index contributed by atoms with van der Waals surface area (Å²) >= 11 is 0. The number of rotatable bonds is 11. The first-order chi connectivity index (χ1) is 18.0. The van der Waals surface area contributed by atoms with Crippen molar-refractivity contribution in [3.8, 4) is 22.3 Å². The van der Waals surface area contributed by atoms with E-state index in [1.165, 1.54) is 51.4 Å². The minimum absolute atomic E-state index is 0.135. The first-order valence-corrected chi connectivity index (χ1v) is 14.4. The summed E-state index contributed by atoms with van der Waals surface area (Å²) in [5.74, 6) is -0.590. The van der Waals surface area contributed by atoms with Gasteiger partial charge in [0, 0.05) is 5.56 Å².